The van der Waals surface area contributed by atoms with E-state index in [1.54, 1.807) is 13.0 Å². The second kappa shape index (κ2) is 6.74. The minimum absolute atomic E-state index is 0.0867. The van der Waals surface area contributed by atoms with E-state index in [1.165, 1.54) is 13.2 Å². The molecule has 0 bridgehead atoms. The molecule has 1 aromatic carbocycles. The Kier molecular flexibility index (Phi) is 5.30. The summed E-state index contributed by atoms with van der Waals surface area (Å²) in [5.41, 5.74) is 0.472. The molecule has 1 rings (SSSR count). The van der Waals surface area contributed by atoms with Crippen LogP contribution in [0.1, 0.15) is 13.3 Å². The highest BCUT2D eigenvalue weighted by Gasteiger charge is 2.07. The zero-order valence-corrected chi connectivity index (χ0v) is 10.2. The summed E-state index contributed by atoms with van der Waals surface area (Å²) in [6, 6.07) is 3.25. The number of halogens is 2. The highest BCUT2D eigenvalue weighted by molar-refractivity contribution is 5.88. The number of methoxy groups -OCH3 is 1. The summed E-state index contributed by atoms with van der Waals surface area (Å²) in [6.45, 7) is 1.89. The van der Waals surface area contributed by atoms with Crippen molar-refractivity contribution < 1.29 is 23.0 Å². The van der Waals surface area contributed by atoms with Crippen molar-refractivity contribution in [2.24, 2.45) is 0 Å². The van der Waals surface area contributed by atoms with Crippen LogP contribution in [0.15, 0.2) is 29.8 Å². The fourth-order valence-corrected chi connectivity index (χ4v) is 1.31. The maximum atomic E-state index is 12.9. The largest absolute Gasteiger partial charge is 0.489 e. The zero-order valence-electron chi connectivity index (χ0n) is 10.2. The average molecular weight is 256 g/mol. The molecule has 0 aliphatic rings. The normalized spacial score (nSPS) is 11.2. The molecule has 0 unspecified atom stereocenters. The molecule has 0 aromatic heterocycles. The number of hydrogen-bond donors (Lipinski definition) is 0. The van der Waals surface area contributed by atoms with Gasteiger partial charge in [0.05, 0.1) is 7.11 Å². The van der Waals surface area contributed by atoms with E-state index in [2.05, 4.69) is 4.74 Å². The summed E-state index contributed by atoms with van der Waals surface area (Å²) < 4.78 is 35.3. The summed E-state index contributed by atoms with van der Waals surface area (Å²) in [4.78, 5) is 11.2. The van der Waals surface area contributed by atoms with Gasteiger partial charge in [0.15, 0.2) is 11.6 Å². The predicted molar refractivity (Wildman–Crippen MR) is 62.2 cm³/mol. The highest BCUT2D eigenvalue weighted by atomic mass is 19.2. The van der Waals surface area contributed by atoms with E-state index < -0.39 is 17.6 Å². The van der Waals surface area contributed by atoms with Crippen LogP contribution in [0, 0.1) is 11.6 Å². The number of carbonyl (C=O) groups is 1. The molecule has 98 valence electrons. The fraction of sp³-hybridized carbons (Fsp3) is 0.308. The number of esters is 1. The topological polar surface area (TPSA) is 35.5 Å². The molecule has 1 aromatic rings. The van der Waals surface area contributed by atoms with Crippen molar-refractivity contribution in [3.05, 3.63) is 41.5 Å². The summed E-state index contributed by atoms with van der Waals surface area (Å²) in [6.07, 6.45) is 2.06. The Morgan fingerprint density at radius 2 is 2.06 bits per heavy atom. The van der Waals surface area contributed by atoms with Gasteiger partial charge in [0.2, 0.25) is 0 Å². The van der Waals surface area contributed by atoms with Crippen molar-refractivity contribution in [1.29, 1.82) is 0 Å². The zero-order chi connectivity index (χ0) is 13.5. The van der Waals surface area contributed by atoms with Crippen LogP contribution >= 0.6 is 0 Å². The van der Waals surface area contributed by atoms with Gasteiger partial charge in [0.25, 0.3) is 0 Å². The quantitative estimate of drug-likeness (QED) is 0.600. The van der Waals surface area contributed by atoms with Crippen molar-refractivity contribution in [2.75, 3.05) is 13.7 Å². The maximum absolute atomic E-state index is 12.9. The van der Waals surface area contributed by atoms with Crippen molar-refractivity contribution in [3.63, 3.8) is 0 Å². The molecular weight excluding hydrogens is 242 g/mol. The second-order valence-electron chi connectivity index (χ2n) is 3.46. The van der Waals surface area contributed by atoms with E-state index in [1.807, 2.05) is 0 Å². The molecule has 0 heterocycles. The van der Waals surface area contributed by atoms with Crippen molar-refractivity contribution in [3.8, 4) is 5.75 Å². The maximum Gasteiger partial charge on any atom is 0.333 e. The van der Waals surface area contributed by atoms with E-state index >= 15 is 0 Å². The number of rotatable bonds is 5. The van der Waals surface area contributed by atoms with E-state index in [9.17, 15) is 13.6 Å². The molecule has 5 heteroatoms. The molecule has 0 aliphatic heterocycles. The fourth-order valence-electron chi connectivity index (χ4n) is 1.31. The molecule has 18 heavy (non-hydrogen) atoms. The first-order valence-corrected chi connectivity index (χ1v) is 5.43. The van der Waals surface area contributed by atoms with Gasteiger partial charge in [-0.15, -0.1) is 0 Å². The van der Waals surface area contributed by atoms with Crippen LogP contribution in [0.4, 0.5) is 8.78 Å². The third kappa shape index (κ3) is 3.84. The van der Waals surface area contributed by atoms with Crippen LogP contribution in [-0.4, -0.2) is 19.7 Å². The van der Waals surface area contributed by atoms with Crippen molar-refractivity contribution >= 4 is 5.97 Å². The summed E-state index contributed by atoms with van der Waals surface area (Å²) in [5, 5.41) is 0. The average Bonchev–Trinajstić information content (AvgIpc) is 2.38. The lowest BCUT2D eigenvalue weighted by molar-refractivity contribution is -0.136. The Bertz CT molecular complexity index is 456. The smallest absolute Gasteiger partial charge is 0.333 e. The lowest BCUT2D eigenvalue weighted by Crippen LogP contribution is -2.06. The third-order valence-corrected chi connectivity index (χ3v) is 2.30. The molecule has 0 radical (unpaired) electrons. The number of carbonyl (C=O) groups excluding carboxylic acids is 1. The Hall–Kier alpha value is -1.91. The Morgan fingerprint density at radius 1 is 1.33 bits per heavy atom. The van der Waals surface area contributed by atoms with Gasteiger partial charge in [-0.05, 0) is 24.6 Å². The summed E-state index contributed by atoms with van der Waals surface area (Å²) in [7, 11) is 1.29. The van der Waals surface area contributed by atoms with Crippen molar-refractivity contribution in [1.82, 2.24) is 0 Å². The molecule has 0 spiro atoms. The van der Waals surface area contributed by atoms with Gasteiger partial charge in [-0.1, -0.05) is 6.92 Å². The molecule has 0 atom stereocenters. The van der Waals surface area contributed by atoms with E-state index in [0.717, 1.165) is 12.1 Å². The molecule has 0 saturated carbocycles. The van der Waals surface area contributed by atoms with Gasteiger partial charge >= 0.3 is 5.97 Å². The predicted octanol–water partition coefficient (Wildman–Crippen LogP) is 2.85. The molecule has 0 amide bonds. The lowest BCUT2D eigenvalue weighted by atomic mass is 10.2. The van der Waals surface area contributed by atoms with Gasteiger partial charge in [0.1, 0.15) is 12.4 Å². The molecule has 0 fully saturated rings. The van der Waals surface area contributed by atoms with Gasteiger partial charge in [-0.3, -0.25) is 0 Å². The lowest BCUT2D eigenvalue weighted by Gasteiger charge is -2.05. The van der Waals surface area contributed by atoms with Gasteiger partial charge < -0.3 is 9.47 Å². The number of hydrogen-bond acceptors (Lipinski definition) is 3. The highest BCUT2D eigenvalue weighted by Crippen LogP contribution is 2.15. The summed E-state index contributed by atoms with van der Waals surface area (Å²) >= 11 is 0. The third-order valence-electron chi connectivity index (χ3n) is 2.30. The number of ether oxygens (including phenoxy) is 2. The second-order valence-corrected chi connectivity index (χ2v) is 3.46. The van der Waals surface area contributed by atoms with Crippen LogP contribution in [0.25, 0.3) is 0 Å². The Balaban J connectivity index is 2.62. The standard InChI is InChI=1S/C13H14F2O3/c1-3-9(13(16)17-2)6-7-18-10-4-5-11(14)12(15)8-10/h4-6,8H,3,7H2,1-2H3. The number of benzene rings is 1. The van der Waals surface area contributed by atoms with Crippen LogP contribution in [-0.2, 0) is 9.53 Å². The molecule has 0 aliphatic carbocycles. The van der Waals surface area contributed by atoms with E-state index in [-0.39, 0.29) is 12.4 Å². The van der Waals surface area contributed by atoms with Crippen LogP contribution < -0.4 is 4.74 Å². The van der Waals surface area contributed by atoms with E-state index in [0.29, 0.717) is 12.0 Å². The van der Waals surface area contributed by atoms with Gasteiger partial charge in [-0.2, -0.15) is 0 Å². The first-order valence-electron chi connectivity index (χ1n) is 5.43. The van der Waals surface area contributed by atoms with E-state index in [4.69, 9.17) is 4.74 Å². The molecule has 0 saturated heterocycles. The van der Waals surface area contributed by atoms with Crippen LogP contribution in [0.2, 0.25) is 0 Å². The van der Waals surface area contributed by atoms with Crippen LogP contribution in [0.5, 0.6) is 5.75 Å². The van der Waals surface area contributed by atoms with Gasteiger partial charge in [-0.25, -0.2) is 13.6 Å². The molecule has 0 N–H and O–H groups in total. The SMILES string of the molecule is CCC(=CCOc1ccc(F)c(F)c1)C(=O)OC. The van der Waals surface area contributed by atoms with Crippen molar-refractivity contribution in [2.45, 2.75) is 13.3 Å². The molecule has 3 nitrogen and oxygen atoms in total. The Morgan fingerprint density at radius 3 is 2.61 bits per heavy atom. The van der Waals surface area contributed by atoms with Gasteiger partial charge in [0, 0.05) is 11.6 Å². The first-order chi connectivity index (χ1) is 8.58. The minimum atomic E-state index is -0.972. The summed E-state index contributed by atoms with van der Waals surface area (Å²) in [5.74, 6) is -2.13. The first kappa shape index (κ1) is 14.2. The van der Waals surface area contributed by atoms with Crippen LogP contribution in [0.3, 0.4) is 0 Å². The monoisotopic (exact) mass is 256 g/mol. The Labute approximate surface area is 104 Å². The minimum Gasteiger partial charge on any atom is -0.489 e. The molecular formula is C13H14F2O3.